The van der Waals surface area contributed by atoms with Gasteiger partial charge in [-0.2, -0.15) is 0 Å². The van der Waals surface area contributed by atoms with Gasteiger partial charge in [0.25, 0.3) is 0 Å². The molecule has 2 aliphatic heterocycles. The lowest BCUT2D eigenvalue weighted by atomic mass is 10.1. The van der Waals surface area contributed by atoms with Gasteiger partial charge in [0.2, 0.25) is 5.91 Å². The molecule has 26 heavy (non-hydrogen) atoms. The molecule has 0 radical (unpaired) electrons. The van der Waals surface area contributed by atoms with E-state index in [2.05, 4.69) is 38.9 Å². The van der Waals surface area contributed by atoms with Crippen LogP contribution in [-0.4, -0.2) is 67.5 Å². The molecule has 0 saturated carbocycles. The second-order valence-corrected chi connectivity index (χ2v) is 8.12. The standard InChI is InChI=1S/C19H31N5OS/c1-3-8-23-9-4-16(5-10-23)22-19(20-2)21-13-18(25)24-11-6-17-15(14-24)7-12-26-17/h7,12,16H,3-6,8-11,13-14H2,1-2H3,(H2,20,21,22). The third-order valence-electron chi connectivity index (χ3n) is 5.26. The fourth-order valence-electron chi connectivity index (χ4n) is 3.74. The van der Waals surface area contributed by atoms with E-state index in [1.54, 1.807) is 18.4 Å². The third kappa shape index (κ3) is 4.98. The number of piperidine rings is 1. The van der Waals surface area contributed by atoms with Gasteiger partial charge in [-0.25, -0.2) is 0 Å². The summed E-state index contributed by atoms with van der Waals surface area (Å²) < 4.78 is 0. The number of amides is 1. The molecule has 144 valence electrons. The van der Waals surface area contributed by atoms with E-state index in [9.17, 15) is 4.79 Å². The Kier molecular flexibility index (Phi) is 6.91. The predicted molar refractivity (Wildman–Crippen MR) is 108 cm³/mol. The topological polar surface area (TPSA) is 60.0 Å². The number of guanidine groups is 1. The van der Waals surface area contributed by atoms with E-state index in [1.165, 1.54) is 23.4 Å². The number of hydrogen-bond acceptors (Lipinski definition) is 4. The first-order valence-electron chi connectivity index (χ1n) is 9.72. The molecular weight excluding hydrogens is 346 g/mol. The molecule has 0 spiro atoms. The summed E-state index contributed by atoms with van der Waals surface area (Å²) in [5, 5.41) is 8.81. The molecule has 7 heteroatoms. The molecule has 1 amide bonds. The first-order valence-corrected chi connectivity index (χ1v) is 10.6. The molecule has 6 nitrogen and oxygen atoms in total. The Balaban J connectivity index is 1.41. The van der Waals surface area contributed by atoms with Crippen molar-refractivity contribution in [3.8, 4) is 0 Å². The van der Waals surface area contributed by atoms with E-state index in [-0.39, 0.29) is 5.91 Å². The maximum Gasteiger partial charge on any atom is 0.242 e. The van der Waals surface area contributed by atoms with Crippen LogP contribution >= 0.6 is 11.3 Å². The molecule has 1 aromatic heterocycles. The van der Waals surface area contributed by atoms with Crippen molar-refractivity contribution in [2.45, 2.75) is 45.2 Å². The average Bonchev–Trinajstić information content (AvgIpc) is 3.14. The number of fused-ring (bicyclic) bond motifs is 1. The molecule has 1 fully saturated rings. The van der Waals surface area contributed by atoms with Gasteiger partial charge in [0.05, 0.1) is 6.54 Å². The molecule has 0 unspecified atom stereocenters. The maximum absolute atomic E-state index is 12.5. The largest absolute Gasteiger partial charge is 0.354 e. The zero-order valence-electron chi connectivity index (χ0n) is 16.0. The third-order valence-corrected chi connectivity index (χ3v) is 6.28. The van der Waals surface area contributed by atoms with Gasteiger partial charge in [-0.15, -0.1) is 11.3 Å². The second-order valence-electron chi connectivity index (χ2n) is 7.12. The van der Waals surface area contributed by atoms with Crippen molar-refractivity contribution in [3.63, 3.8) is 0 Å². The monoisotopic (exact) mass is 377 g/mol. The van der Waals surface area contributed by atoms with E-state index in [0.717, 1.165) is 51.4 Å². The summed E-state index contributed by atoms with van der Waals surface area (Å²) >= 11 is 1.80. The molecule has 1 saturated heterocycles. The van der Waals surface area contributed by atoms with E-state index < -0.39 is 0 Å². The van der Waals surface area contributed by atoms with Crippen LogP contribution in [0.1, 0.15) is 36.6 Å². The lowest BCUT2D eigenvalue weighted by Crippen LogP contribution is -2.51. The zero-order chi connectivity index (χ0) is 18.4. The lowest BCUT2D eigenvalue weighted by Gasteiger charge is -2.33. The van der Waals surface area contributed by atoms with Crippen molar-refractivity contribution in [3.05, 3.63) is 21.9 Å². The first-order chi connectivity index (χ1) is 12.7. The van der Waals surface area contributed by atoms with Crippen LogP contribution in [0.3, 0.4) is 0 Å². The molecule has 2 aliphatic rings. The normalized spacial score (nSPS) is 19.3. The first kappa shape index (κ1) is 19.2. The molecule has 0 bridgehead atoms. The Hall–Kier alpha value is -1.60. The fourth-order valence-corrected chi connectivity index (χ4v) is 4.63. The van der Waals surface area contributed by atoms with Crippen LogP contribution < -0.4 is 10.6 Å². The molecule has 3 heterocycles. The lowest BCUT2D eigenvalue weighted by molar-refractivity contribution is -0.130. The summed E-state index contributed by atoms with van der Waals surface area (Å²) in [4.78, 5) is 22.7. The number of nitrogens with zero attached hydrogens (tertiary/aromatic N) is 3. The summed E-state index contributed by atoms with van der Waals surface area (Å²) in [7, 11) is 1.77. The smallest absolute Gasteiger partial charge is 0.242 e. The highest BCUT2D eigenvalue weighted by molar-refractivity contribution is 7.10. The van der Waals surface area contributed by atoms with E-state index in [4.69, 9.17) is 0 Å². The Morgan fingerprint density at radius 1 is 1.35 bits per heavy atom. The minimum Gasteiger partial charge on any atom is -0.354 e. The number of carbonyl (C=O) groups excluding carboxylic acids is 1. The molecular formula is C19H31N5OS. The van der Waals surface area contributed by atoms with E-state index >= 15 is 0 Å². The number of thiophene rings is 1. The van der Waals surface area contributed by atoms with Gasteiger partial charge in [0.1, 0.15) is 0 Å². The Morgan fingerprint density at radius 2 is 2.15 bits per heavy atom. The Labute approximate surface area is 160 Å². The number of carbonyl (C=O) groups is 1. The number of nitrogens with one attached hydrogen (secondary N) is 2. The number of likely N-dealkylation sites (tertiary alicyclic amines) is 1. The highest BCUT2D eigenvalue weighted by atomic mass is 32.1. The molecule has 0 aliphatic carbocycles. The minimum absolute atomic E-state index is 0.141. The molecule has 3 rings (SSSR count). The molecule has 0 aromatic carbocycles. The summed E-state index contributed by atoms with van der Waals surface area (Å²) in [6, 6.07) is 2.57. The van der Waals surface area contributed by atoms with Crippen LogP contribution in [0.5, 0.6) is 0 Å². The second kappa shape index (κ2) is 9.37. The van der Waals surface area contributed by atoms with Crippen molar-refractivity contribution in [1.29, 1.82) is 0 Å². The Morgan fingerprint density at radius 3 is 2.88 bits per heavy atom. The summed E-state index contributed by atoms with van der Waals surface area (Å²) in [6.07, 6.45) is 4.44. The quantitative estimate of drug-likeness (QED) is 0.605. The summed E-state index contributed by atoms with van der Waals surface area (Å²) in [5.74, 6) is 0.878. The number of rotatable bonds is 5. The molecule has 2 N–H and O–H groups in total. The number of aliphatic imine (C=N–C) groups is 1. The minimum atomic E-state index is 0.141. The summed E-state index contributed by atoms with van der Waals surface area (Å²) in [6.45, 7) is 7.55. The van der Waals surface area contributed by atoms with Gasteiger partial charge in [-0.1, -0.05) is 6.92 Å². The summed E-state index contributed by atoms with van der Waals surface area (Å²) in [5.41, 5.74) is 1.30. The van der Waals surface area contributed by atoms with Crippen LogP contribution in [0.2, 0.25) is 0 Å². The van der Waals surface area contributed by atoms with Crippen LogP contribution in [-0.2, 0) is 17.8 Å². The van der Waals surface area contributed by atoms with E-state index in [0.29, 0.717) is 12.6 Å². The van der Waals surface area contributed by atoms with Crippen LogP contribution in [0.4, 0.5) is 0 Å². The van der Waals surface area contributed by atoms with Gasteiger partial charge in [-0.3, -0.25) is 9.79 Å². The van der Waals surface area contributed by atoms with Crippen molar-refractivity contribution < 1.29 is 4.79 Å². The Bertz CT molecular complexity index is 621. The molecule has 1 aromatic rings. The maximum atomic E-state index is 12.5. The highest BCUT2D eigenvalue weighted by Gasteiger charge is 2.22. The number of hydrogen-bond donors (Lipinski definition) is 2. The van der Waals surface area contributed by atoms with Crippen molar-refractivity contribution >= 4 is 23.2 Å². The predicted octanol–water partition coefficient (Wildman–Crippen LogP) is 1.67. The van der Waals surface area contributed by atoms with Crippen molar-refractivity contribution in [2.24, 2.45) is 4.99 Å². The van der Waals surface area contributed by atoms with Crippen molar-refractivity contribution in [2.75, 3.05) is 39.8 Å². The van der Waals surface area contributed by atoms with Gasteiger partial charge >= 0.3 is 0 Å². The SMILES string of the molecule is CCCN1CCC(NC(=NC)NCC(=O)N2CCc3sccc3C2)CC1. The van der Waals surface area contributed by atoms with Crippen LogP contribution in [0.15, 0.2) is 16.4 Å². The van der Waals surface area contributed by atoms with Gasteiger partial charge in [0.15, 0.2) is 5.96 Å². The zero-order valence-corrected chi connectivity index (χ0v) is 16.8. The van der Waals surface area contributed by atoms with E-state index in [1.807, 2.05) is 4.90 Å². The fraction of sp³-hybridized carbons (Fsp3) is 0.684. The van der Waals surface area contributed by atoms with Crippen LogP contribution in [0, 0.1) is 0 Å². The molecule has 0 atom stereocenters. The average molecular weight is 378 g/mol. The van der Waals surface area contributed by atoms with Crippen LogP contribution in [0.25, 0.3) is 0 Å². The van der Waals surface area contributed by atoms with Gasteiger partial charge < -0.3 is 20.4 Å². The van der Waals surface area contributed by atoms with Gasteiger partial charge in [-0.05, 0) is 49.2 Å². The van der Waals surface area contributed by atoms with Crippen molar-refractivity contribution in [1.82, 2.24) is 20.4 Å². The van der Waals surface area contributed by atoms with Gasteiger partial charge in [0, 0.05) is 44.1 Å². The highest BCUT2D eigenvalue weighted by Crippen LogP contribution is 2.23.